The fourth-order valence-electron chi connectivity index (χ4n) is 0. The first-order chi connectivity index (χ1) is 3.46. The van der Waals surface area contributed by atoms with Gasteiger partial charge in [0, 0.05) is 0 Å². The molecule has 0 heterocycles. The van der Waals surface area contributed by atoms with Gasteiger partial charge in [-0.2, -0.15) is 0 Å². The van der Waals surface area contributed by atoms with Crippen LogP contribution < -0.4 is 5.73 Å². The summed E-state index contributed by atoms with van der Waals surface area (Å²) in [6, 6.07) is 0.333. The fraction of sp³-hybridized carbons (Fsp3) is 1.00. The highest BCUT2D eigenvalue weighted by Crippen LogP contribution is 1.81. The lowest BCUT2D eigenvalue weighted by atomic mass is 10.3. The first kappa shape index (κ1) is 10.9. The number of hydrogen-bond donors (Lipinski definition) is 1. The van der Waals surface area contributed by atoms with E-state index in [2.05, 4.69) is 20.8 Å². The molecule has 0 saturated carbocycles. The molecular formula is C7H19N. The van der Waals surface area contributed by atoms with Crippen LogP contribution in [0.4, 0.5) is 0 Å². The van der Waals surface area contributed by atoms with Gasteiger partial charge in [0.1, 0.15) is 0 Å². The van der Waals surface area contributed by atoms with E-state index in [9.17, 15) is 0 Å². The van der Waals surface area contributed by atoms with Crippen LogP contribution in [0.1, 0.15) is 34.6 Å². The van der Waals surface area contributed by atoms with Crippen LogP contribution in [-0.4, -0.2) is 6.04 Å². The minimum absolute atomic E-state index is 0.333. The number of rotatable bonds is 0. The molecule has 8 heavy (non-hydrogen) atoms. The van der Waals surface area contributed by atoms with Crippen molar-refractivity contribution in [2.24, 2.45) is 11.7 Å². The second-order valence-electron chi connectivity index (χ2n) is 2.98. The van der Waals surface area contributed by atoms with Crippen LogP contribution in [0.3, 0.4) is 0 Å². The summed E-state index contributed by atoms with van der Waals surface area (Å²) in [5.41, 5.74) is 5.11. The van der Waals surface area contributed by atoms with E-state index in [0.29, 0.717) is 6.04 Å². The molecule has 0 fully saturated rings. The zero-order valence-electron chi connectivity index (χ0n) is 6.73. The van der Waals surface area contributed by atoms with E-state index in [0.717, 1.165) is 5.92 Å². The second-order valence-corrected chi connectivity index (χ2v) is 2.98. The predicted molar refractivity (Wildman–Crippen MR) is 39.8 cm³/mol. The molecule has 0 aromatic carbocycles. The van der Waals surface area contributed by atoms with Crippen LogP contribution in [-0.2, 0) is 0 Å². The van der Waals surface area contributed by atoms with Crippen LogP contribution in [0.15, 0.2) is 0 Å². The van der Waals surface area contributed by atoms with Gasteiger partial charge in [0.2, 0.25) is 0 Å². The third kappa shape index (κ3) is 91600. The lowest BCUT2D eigenvalue weighted by Gasteiger charge is -1.81. The summed E-state index contributed by atoms with van der Waals surface area (Å²) in [7, 11) is 0. The van der Waals surface area contributed by atoms with E-state index in [1.165, 1.54) is 0 Å². The van der Waals surface area contributed by atoms with Crippen molar-refractivity contribution in [3.8, 4) is 0 Å². The topological polar surface area (TPSA) is 26.0 Å². The Balaban J connectivity index is 0. The van der Waals surface area contributed by atoms with Gasteiger partial charge < -0.3 is 5.73 Å². The first-order valence-electron chi connectivity index (χ1n) is 3.22. The van der Waals surface area contributed by atoms with Gasteiger partial charge in [-0.3, -0.25) is 0 Å². The van der Waals surface area contributed by atoms with Crippen LogP contribution in [0.5, 0.6) is 0 Å². The minimum atomic E-state index is 0.333. The molecule has 0 aliphatic heterocycles. The first-order valence-corrected chi connectivity index (χ1v) is 3.22. The van der Waals surface area contributed by atoms with Crippen molar-refractivity contribution in [3.63, 3.8) is 0 Å². The standard InChI is InChI=1S/C4H10.C3H9N/c1-4(2)3;1-3(2)4/h4H,1-3H3;3H,4H2,1-2H3. The van der Waals surface area contributed by atoms with E-state index >= 15 is 0 Å². The smallest absolute Gasteiger partial charge is 0.00179 e. The third-order valence-corrected chi connectivity index (χ3v) is 0. The molecule has 0 bridgehead atoms. The van der Waals surface area contributed by atoms with Gasteiger partial charge in [-0.25, -0.2) is 0 Å². The van der Waals surface area contributed by atoms with Gasteiger partial charge in [-0.15, -0.1) is 0 Å². The van der Waals surface area contributed by atoms with Gasteiger partial charge >= 0.3 is 0 Å². The summed E-state index contributed by atoms with van der Waals surface area (Å²) < 4.78 is 0. The van der Waals surface area contributed by atoms with Crippen LogP contribution >= 0.6 is 0 Å². The Labute approximate surface area is 53.3 Å². The summed E-state index contributed by atoms with van der Waals surface area (Å²) in [6.07, 6.45) is 0. The Morgan fingerprint density at radius 3 is 0.875 bits per heavy atom. The van der Waals surface area contributed by atoms with Gasteiger partial charge in [0.25, 0.3) is 0 Å². The zero-order valence-corrected chi connectivity index (χ0v) is 6.73. The molecule has 2 N–H and O–H groups in total. The zero-order chi connectivity index (χ0) is 7.15. The number of nitrogens with two attached hydrogens (primary N) is 1. The molecule has 0 aromatic rings. The van der Waals surface area contributed by atoms with Crippen molar-refractivity contribution in [2.45, 2.75) is 40.7 Å². The molecule has 0 rings (SSSR count). The fourth-order valence-corrected chi connectivity index (χ4v) is 0. The summed E-state index contributed by atoms with van der Waals surface area (Å²) in [4.78, 5) is 0. The second kappa shape index (κ2) is 6.96. The Hall–Kier alpha value is -0.0400. The SMILES string of the molecule is CC(C)C.CC(C)N. The third-order valence-electron chi connectivity index (χ3n) is 0. The van der Waals surface area contributed by atoms with Crippen molar-refractivity contribution in [1.29, 1.82) is 0 Å². The monoisotopic (exact) mass is 117 g/mol. The molecule has 1 heteroatoms. The molecule has 0 aliphatic carbocycles. The van der Waals surface area contributed by atoms with Gasteiger partial charge in [0.05, 0.1) is 0 Å². The molecule has 0 spiro atoms. The van der Waals surface area contributed by atoms with Gasteiger partial charge in [0.15, 0.2) is 0 Å². The highest BCUT2D eigenvalue weighted by molar-refractivity contribution is 4.32. The lowest BCUT2D eigenvalue weighted by Crippen LogP contribution is -2.06. The van der Waals surface area contributed by atoms with E-state index in [-0.39, 0.29) is 0 Å². The molecule has 52 valence electrons. The van der Waals surface area contributed by atoms with Gasteiger partial charge in [-0.1, -0.05) is 34.6 Å². The highest BCUT2D eigenvalue weighted by Gasteiger charge is 1.68. The van der Waals surface area contributed by atoms with Crippen LogP contribution in [0, 0.1) is 5.92 Å². The van der Waals surface area contributed by atoms with Crippen molar-refractivity contribution in [2.75, 3.05) is 0 Å². The molecule has 0 saturated heterocycles. The molecule has 0 aromatic heterocycles. The lowest BCUT2D eigenvalue weighted by molar-refractivity contribution is 0.737. The normalized spacial score (nSPS) is 9.00. The summed E-state index contributed by atoms with van der Waals surface area (Å²) >= 11 is 0. The van der Waals surface area contributed by atoms with E-state index in [4.69, 9.17) is 5.73 Å². The predicted octanol–water partition coefficient (Wildman–Crippen LogP) is 2.02. The highest BCUT2D eigenvalue weighted by atomic mass is 14.6. The van der Waals surface area contributed by atoms with Crippen LogP contribution in [0.25, 0.3) is 0 Å². The Morgan fingerprint density at radius 2 is 0.875 bits per heavy atom. The summed E-state index contributed by atoms with van der Waals surface area (Å²) in [5, 5.41) is 0. The quantitative estimate of drug-likeness (QED) is 0.516. The van der Waals surface area contributed by atoms with Crippen molar-refractivity contribution >= 4 is 0 Å². The number of hydrogen-bond acceptors (Lipinski definition) is 1. The van der Waals surface area contributed by atoms with Crippen molar-refractivity contribution in [1.82, 2.24) is 0 Å². The maximum atomic E-state index is 5.11. The molecule has 0 aliphatic rings. The van der Waals surface area contributed by atoms with Crippen molar-refractivity contribution in [3.05, 3.63) is 0 Å². The Bertz CT molecular complexity index is 19.9. The molecule has 0 unspecified atom stereocenters. The Morgan fingerprint density at radius 1 is 0.875 bits per heavy atom. The Kier molecular flexibility index (Phi) is 9.44. The largest absolute Gasteiger partial charge is 0.328 e. The minimum Gasteiger partial charge on any atom is -0.328 e. The van der Waals surface area contributed by atoms with E-state index in [1.807, 2.05) is 13.8 Å². The molecule has 0 amide bonds. The van der Waals surface area contributed by atoms with E-state index in [1.54, 1.807) is 0 Å². The molecular weight excluding hydrogens is 98.1 g/mol. The average Bonchev–Trinajstić information content (AvgIpc) is 1.25. The average molecular weight is 117 g/mol. The summed E-state index contributed by atoms with van der Waals surface area (Å²) in [6.45, 7) is 10.4. The summed E-state index contributed by atoms with van der Waals surface area (Å²) in [5.74, 6) is 0.833. The van der Waals surface area contributed by atoms with Gasteiger partial charge in [-0.05, 0) is 12.0 Å². The molecule has 0 radical (unpaired) electrons. The van der Waals surface area contributed by atoms with Crippen molar-refractivity contribution < 1.29 is 0 Å². The molecule has 1 nitrogen and oxygen atoms in total. The molecule has 0 atom stereocenters. The van der Waals surface area contributed by atoms with E-state index < -0.39 is 0 Å². The van der Waals surface area contributed by atoms with Crippen LogP contribution in [0.2, 0.25) is 0 Å². The maximum absolute atomic E-state index is 5.11. The maximum Gasteiger partial charge on any atom is -0.00179 e.